The van der Waals surface area contributed by atoms with Crippen molar-refractivity contribution in [3.05, 3.63) is 71.4 Å². The Morgan fingerprint density at radius 3 is 2.57 bits per heavy atom. The Morgan fingerprint density at radius 1 is 1.09 bits per heavy atom. The molecule has 0 aliphatic rings. The number of aromatic nitrogens is 1. The number of hydrogen-bond acceptors (Lipinski definition) is 1. The summed E-state index contributed by atoms with van der Waals surface area (Å²) in [6.45, 7) is 0.309. The molecule has 0 spiro atoms. The maximum Gasteiger partial charge on any atom is 0.267 e. The molecule has 3 aromatic rings. The number of rotatable bonds is 4. The van der Waals surface area contributed by atoms with E-state index < -0.39 is 0 Å². The zero-order chi connectivity index (χ0) is 16.4. The van der Waals surface area contributed by atoms with E-state index in [1.54, 1.807) is 41.9 Å². The molecule has 118 valence electrons. The summed E-state index contributed by atoms with van der Waals surface area (Å²) < 4.78 is 29.0. The fraction of sp³-hybridized carbons (Fsp3) is 0.167. The molecule has 23 heavy (non-hydrogen) atoms. The first-order chi connectivity index (χ1) is 11.1. The molecule has 0 aliphatic heterocycles. The highest BCUT2D eigenvalue weighted by molar-refractivity contribution is 5.98. The van der Waals surface area contributed by atoms with Crippen molar-refractivity contribution < 1.29 is 13.6 Å². The van der Waals surface area contributed by atoms with E-state index >= 15 is 0 Å². The highest BCUT2D eigenvalue weighted by Gasteiger charge is 2.15. The van der Waals surface area contributed by atoms with Gasteiger partial charge in [0.05, 0.1) is 5.52 Å². The van der Waals surface area contributed by atoms with E-state index in [1.807, 2.05) is 0 Å². The lowest BCUT2D eigenvalue weighted by atomic mass is 10.1. The van der Waals surface area contributed by atoms with Crippen molar-refractivity contribution in [2.75, 3.05) is 6.54 Å². The van der Waals surface area contributed by atoms with Gasteiger partial charge in [0, 0.05) is 19.0 Å². The molecule has 1 heterocycles. The molecule has 0 saturated heterocycles. The summed E-state index contributed by atoms with van der Waals surface area (Å²) in [4.78, 5) is 12.3. The Kier molecular flexibility index (Phi) is 4.10. The van der Waals surface area contributed by atoms with Gasteiger partial charge in [0.1, 0.15) is 17.3 Å². The number of nitrogens with zero attached hydrogens (tertiary/aromatic N) is 1. The molecule has 0 fully saturated rings. The summed E-state index contributed by atoms with van der Waals surface area (Å²) in [5, 5.41) is 3.16. The highest BCUT2D eigenvalue weighted by Crippen LogP contribution is 2.21. The number of amides is 1. The fourth-order valence-corrected chi connectivity index (χ4v) is 2.64. The maximum atomic E-state index is 13.8. The largest absolute Gasteiger partial charge is 0.350 e. The zero-order valence-electron chi connectivity index (χ0n) is 12.6. The minimum Gasteiger partial charge on any atom is -0.350 e. The van der Waals surface area contributed by atoms with Crippen LogP contribution in [0.2, 0.25) is 0 Å². The molecule has 0 saturated carbocycles. The smallest absolute Gasteiger partial charge is 0.267 e. The maximum absolute atomic E-state index is 13.8. The van der Waals surface area contributed by atoms with E-state index in [9.17, 15) is 13.6 Å². The van der Waals surface area contributed by atoms with Gasteiger partial charge in [-0.2, -0.15) is 0 Å². The van der Waals surface area contributed by atoms with Crippen LogP contribution in [0.5, 0.6) is 0 Å². The van der Waals surface area contributed by atoms with Gasteiger partial charge < -0.3 is 9.88 Å². The number of carbonyl (C=O) groups excluding carboxylic acids is 1. The Balaban J connectivity index is 1.73. The van der Waals surface area contributed by atoms with Crippen LogP contribution in [0.25, 0.3) is 10.9 Å². The molecule has 0 aliphatic carbocycles. The fourth-order valence-electron chi connectivity index (χ4n) is 2.64. The third-order valence-corrected chi connectivity index (χ3v) is 3.90. The Hall–Kier alpha value is -2.69. The van der Waals surface area contributed by atoms with Gasteiger partial charge in [-0.3, -0.25) is 4.79 Å². The second-order valence-electron chi connectivity index (χ2n) is 5.36. The molecule has 0 bridgehead atoms. The molecule has 2 aromatic carbocycles. The van der Waals surface area contributed by atoms with Crippen molar-refractivity contribution in [2.45, 2.75) is 6.42 Å². The van der Waals surface area contributed by atoms with E-state index in [4.69, 9.17) is 0 Å². The SMILES string of the molecule is Cn1c(C(=O)NCCc2ccccc2F)cc2c(F)cccc21. The first-order valence-corrected chi connectivity index (χ1v) is 7.33. The van der Waals surface area contributed by atoms with Crippen LogP contribution in [0.1, 0.15) is 16.1 Å². The van der Waals surface area contributed by atoms with Crippen LogP contribution in [-0.4, -0.2) is 17.0 Å². The zero-order valence-corrected chi connectivity index (χ0v) is 12.6. The van der Waals surface area contributed by atoms with E-state index in [0.717, 1.165) is 0 Å². The van der Waals surface area contributed by atoms with Crippen LogP contribution >= 0.6 is 0 Å². The van der Waals surface area contributed by atoms with Gasteiger partial charge in [0.2, 0.25) is 0 Å². The predicted molar refractivity (Wildman–Crippen MR) is 85.3 cm³/mol. The Morgan fingerprint density at radius 2 is 1.83 bits per heavy atom. The van der Waals surface area contributed by atoms with Gasteiger partial charge in [0.25, 0.3) is 5.91 Å². The summed E-state index contributed by atoms with van der Waals surface area (Å²) in [6, 6.07) is 12.7. The standard InChI is InChI=1S/C18H16F2N2O/c1-22-16-8-4-7-15(20)13(16)11-17(22)18(23)21-10-9-12-5-2-3-6-14(12)19/h2-8,11H,9-10H2,1H3,(H,21,23). The van der Waals surface area contributed by atoms with Gasteiger partial charge in [-0.05, 0) is 36.2 Å². The summed E-state index contributed by atoms with van der Waals surface area (Å²) in [5.74, 6) is -0.948. The second kappa shape index (κ2) is 6.20. The van der Waals surface area contributed by atoms with E-state index in [0.29, 0.717) is 35.1 Å². The van der Waals surface area contributed by atoms with Crippen LogP contribution < -0.4 is 5.32 Å². The third-order valence-electron chi connectivity index (χ3n) is 3.90. The van der Waals surface area contributed by atoms with Gasteiger partial charge in [-0.15, -0.1) is 0 Å². The summed E-state index contributed by atoms with van der Waals surface area (Å²) in [6.07, 6.45) is 0.400. The Bertz CT molecular complexity index is 871. The molecule has 3 rings (SSSR count). The van der Waals surface area contributed by atoms with Crippen molar-refractivity contribution in [3.63, 3.8) is 0 Å². The van der Waals surface area contributed by atoms with Crippen LogP contribution in [0.15, 0.2) is 48.5 Å². The predicted octanol–water partition coefficient (Wildman–Crippen LogP) is 3.43. The lowest BCUT2D eigenvalue weighted by Crippen LogP contribution is -2.27. The summed E-state index contributed by atoms with van der Waals surface area (Å²) in [7, 11) is 1.72. The molecule has 3 nitrogen and oxygen atoms in total. The highest BCUT2D eigenvalue weighted by atomic mass is 19.1. The first-order valence-electron chi connectivity index (χ1n) is 7.33. The number of benzene rings is 2. The molecule has 5 heteroatoms. The van der Waals surface area contributed by atoms with Crippen molar-refractivity contribution in [2.24, 2.45) is 7.05 Å². The lowest BCUT2D eigenvalue weighted by Gasteiger charge is -2.07. The number of nitrogens with one attached hydrogen (secondary N) is 1. The number of hydrogen-bond donors (Lipinski definition) is 1. The Labute approximate surface area is 132 Å². The van der Waals surface area contributed by atoms with Crippen LogP contribution in [-0.2, 0) is 13.5 Å². The molecular weight excluding hydrogens is 298 g/mol. The second-order valence-corrected chi connectivity index (χ2v) is 5.36. The molecule has 1 N–H and O–H groups in total. The van der Waals surface area contributed by atoms with Crippen molar-refractivity contribution in [1.29, 1.82) is 0 Å². The molecule has 0 radical (unpaired) electrons. The molecular formula is C18H16F2N2O. The number of fused-ring (bicyclic) bond motifs is 1. The lowest BCUT2D eigenvalue weighted by molar-refractivity contribution is 0.0946. The van der Waals surface area contributed by atoms with E-state index in [-0.39, 0.29) is 17.5 Å². The normalized spacial score (nSPS) is 10.9. The van der Waals surface area contributed by atoms with E-state index in [1.165, 1.54) is 18.2 Å². The van der Waals surface area contributed by atoms with Gasteiger partial charge in [-0.25, -0.2) is 8.78 Å². The number of aryl methyl sites for hydroxylation is 1. The average molecular weight is 314 g/mol. The van der Waals surface area contributed by atoms with Gasteiger partial charge >= 0.3 is 0 Å². The first kappa shape index (κ1) is 15.2. The van der Waals surface area contributed by atoms with Crippen LogP contribution in [0.3, 0.4) is 0 Å². The average Bonchev–Trinajstić information content (AvgIpc) is 2.88. The van der Waals surface area contributed by atoms with Gasteiger partial charge in [-0.1, -0.05) is 24.3 Å². The molecule has 0 atom stereocenters. The molecule has 1 amide bonds. The summed E-state index contributed by atoms with van der Waals surface area (Å²) in [5.41, 5.74) is 1.58. The monoisotopic (exact) mass is 314 g/mol. The van der Waals surface area contributed by atoms with Crippen molar-refractivity contribution >= 4 is 16.8 Å². The minimum absolute atomic E-state index is 0.284. The van der Waals surface area contributed by atoms with Crippen LogP contribution in [0.4, 0.5) is 8.78 Å². The quantitative estimate of drug-likeness (QED) is 0.786. The third kappa shape index (κ3) is 2.95. The van der Waals surface area contributed by atoms with Gasteiger partial charge in [0.15, 0.2) is 0 Å². The topological polar surface area (TPSA) is 34.0 Å². The van der Waals surface area contributed by atoms with Crippen molar-refractivity contribution in [1.82, 2.24) is 9.88 Å². The van der Waals surface area contributed by atoms with Crippen molar-refractivity contribution in [3.8, 4) is 0 Å². The number of carbonyl (C=O) groups is 1. The van der Waals surface area contributed by atoms with Crippen LogP contribution in [0, 0.1) is 11.6 Å². The summed E-state index contributed by atoms with van der Waals surface area (Å²) >= 11 is 0. The minimum atomic E-state index is -0.358. The molecule has 1 aromatic heterocycles. The molecule has 0 unspecified atom stereocenters. The van der Waals surface area contributed by atoms with E-state index in [2.05, 4.69) is 5.32 Å². The number of halogens is 2.